The number of nitrogens with zero attached hydrogens (tertiary/aromatic N) is 2. The minimum absolute atomic E-state index is 0.784. The summed E-state index contributed by atoms with van der Waals surface area (Å²) in [6, 6.07) is 5.99. The van der Waals surface area contributed by atoms with Crippen LogP contribution in [0.15, 0.2) is 18.2 Å². The topological polar surface area (TPSA) is 35.0 Å². The zero-order valence-corrected chi connectivity index (χ0v) is 15.5. The first-order chi connectivity index (χ1) is 11.3. The fourth-order valence-electron chi connectivity index (χ4n) is 3.29. The van der Waals surface area contributed by atoms with Gasteiger partial charge in [0.05, 0.1) is 16.6 Å². The van der Waals surface area contributed by atoms with E-state index in [4.69, 9.17) is 4.74 Å². The molecular weight excluding hydrogens is 296 g/mol. The van der Waals surface area contributed by atoms with E-state index in [2.05, 4.69) is 44.6 Å². The lowest BCUT2D eigenvalue weighted by Crippen LogP contribution is -2.01. The second-order valence-electron chi connectivity index (χ2n) is 6.56. The van der Waals surface area contributed by atoms with Crippen LogP contribution in [0.5, 0.6) is 11.5 Å². The second-order valence-corrected chi connectivity index (χ2v) is 6.56. The van der Waals surface area contributed by atoms with E-state index in [1.165, 1.54) is 27.8 Å². The van der Waals surface area contributed by atoms with Crippen LogP contribution in [0, 0.1) is 48.5 Å². The Labute approximate surface area is 143 Å². The summed E-state index contributed by atoms with van der Waals surface area (Å²) < 4.78 is 6.41. The van der Waals surface area contributed by atoms with Crippen LogP contribution < -0.4 is 4.74 Å². The monoisotopic (exact) mass is 320 g/mol. The summed E-state index contributed by atoms with van der Waals surface area (Å²) in [5.74, 6) is 2.55. The van der Waals surface area contributed by atoms with Crippen LogP contribution in [0.3, 0.4) is 0 Å². The number of fused-ring (bicyclic) bond motifs is 1. The molecule has 0 N–H and O–H groups in total. The van der Waals surface area contributed by atoms with Gasteiger partial charge in [-0.1, -0.05) is 6.07 Å². The van der Waals surface area contributed by atoms with Gasteiger partial charge in [0.1, 0.15) is 17.3 Å². The number of benzene rings is 2. The van der Waals surface area contributed by atoms with Gasteiger partial charge in [0.25, 0.3) is 0 Å². The summed E-state index contributed by atoms with van der Waals surface area (Å²) in [6.07, 6.45) is 0. The van der Waals surface area contributed by atoms with Gasteiger partial charge in [-0.2, -0.15) is 0 Å². The highest BCUT2D eigenvalue weighted by molar-refractivity contribution is 5.87. The quantitative estimate of drug-likeness (QED) is 0.618. The predicted octanol–water partition coefficient (Wildman–Crippen LogP) is 5.58. The maximum atomic E-state index is 6.41. The number of ether oxygens (including phenoxy) is 1. The molecule has 0 saturated heterocycles. The molecule has 0 spiro atoms. The Morgan fingerprint density at radius 1 is 0.708 bits per heavy atom. The van der Waals surface area contributed by atoms with Gasteiger partial charge in [-0.15, -0.1) is 0 Å². The summed E-state index contributed by atoms with van der Waals surface area (Å²) in [6.45, 7) is 14.7. The molecule has 0 amide bonds. The van der Waals surface area contributed by atoms with E-state index in [-0.39, 0.29) is 0 Å². The van der Waals surface area contributed by atoms with E-state index in [0.29, 0.717) is 0 Å². The number of rotatable bonds is 2. The van der Waals surface area contributed by atoms with E-state index in [1.807, 2.05) is 32.0 Å². The summed E-state index contributed by atoms with van der Waals surface area (Å²) in [5.41, 5.74) is 8.17. The van der Waals surface area contributed by atoms with Gasteiger partial charge in [0.15, 0.2) is 0 Å². The van der Waals surface area contributed by atoms with Crippen molar-refractivity contribution in [2.24, 2.45) is 0 Å². The van der Waals surface area contributed by atoms with E-state index in [1.54, 1.807) is 0 Å². The molecule has 0 radical (unpaired) electrons. The fourth-order valence-corrected chi connectivity index (χ4v) is 3.29. The Kier molecular flexibility index (Phi) is 4.04. The van der Waals surface area contributed by atoms with Gasteiger partial charge in [-0.3, -0.25) is 0 Å². The summed E-state index contributed by atoms with van der Waals surface area (Å²) in [5, 5.41) is 0.984. The first kappa shape index (κ1) is 16.4. The van der Waals surface area contributed by atoms with Gasteiger partial charge >= 0.3 is 0 Å². The molecule has 3 rings (SSSR count). The molecule has 0 aliphatic heterocycles. The SMILES string of the molecule is Cc1nc(C)c2c(Oc3c(C)c(C)c(C)c(C)c3C)cccc2n1. The summed E-state index contributed by atoms with van der Waals surface area (Å²) in [4.78, 5) is 9.05. The van der Waals surface area contributed by atoms with Crippen LogP contribution in [-0.4, -0.2) is 9.97 Å². The highest BCUT2D eigenvalue weighted by atomic mass is 16.5. The molecule has 3 nitrogen and oxygen atoms in total. The van der Waals surface area contributed by atoms with Crippen molar-refractivity contribution in [3.63, 3.8) is 0 Å². The Balaban J connectivity index is 2.22. The zero-order chi connectivity index (χ0) is 17.6. The molecule has 0 bridgehead atoms. The predicted molar refractivity (Wildman–Crippen MR) is 99.2 cm³/mol. The normalized spacial score (nSPS) is 11.1. The van der Waals surface area contributed by atoms with Gasteiger partial charge in [-0.25, -0.2) is 9.97 Å². The zero-order valence-electron chi connectivity index (χ0n) is 15.5. The number of aromatic nitrogens is 2. The van der Waals surface area contributed by atoms with Crippen LogP contribution >= 0.6 is 0 Å². The molecule has 0 aliphatic rings. The Hall–Kier alpha value is -2.42. The lowest BCUT2D eigenvalue weighted by molar-refractivity contribution is 0.478. The maximum Gasteiger partial charge on any atom is 0.138 e. The van der Waals surface area contributed by atoms with Crippen LogP contribution in [-0.2, 0) is 0 Å². The summed E-state index contributed by atoms with van der Waals surface area (Å²) >= 11 is 0. The molecular formula is C21H24N2O. The molecule has 0 saturated carbocycles. The fraction of sp³-hybridized carbons (Fsp3) is 0.333. The Bertz CT molecular complexity index is 929. The molecule has 0 atom stereocenters. The van der Waals surface area contributed by atoms with Crippen LogP contribution in [0.4, 0.5) is 0 Å². The second kappa shape index (κ2) is 5.90. The third-order valence-corrected chi connectivity index (χ3v) is 5.12. The van der Waals surface area contributed by atoms with Crippen LogP contribution in [0.1, 0.15) is 39.3 Å². The number of hydrogen-bond acceptors (Lipinski definition) is 3. The standard InChI is InChI=1S/C21H24N2O/c1-11-12(2)14(4)21(15(5)13(11)3)24-19-10-8-9-18-20(19)16(6)22-17(7)23-18/h8-10H,1-7H3. The van der Waals surface area contributed by atoms with Crippen molar-refractivity contribution in [1.82, 2.24) is 9.97 Å². The van der Waals surface area contributed by atoms with E-state index in [0.717, 1.165) is 33.9 Å². The molecule has 0 unspecified atom stereocenters. The summed E-state index contributed by atoms with van der Waals surface area (Å²) in [7, 11) is 0. The van der Waals surface area contributed by atoms with Gasteiger partial charge in [-0.05, 0) is 88.4 Å². The largest absolute Gasteiger partial charge is 0.456 e. The van der Waals surface area contributed by atoms with Crippen molar-refractivity contribution < 1.29 is 4.74 Å². The smallest absolute Gasteiger partial charge is 0.138 e. The van der Waals surface area contributed by atoms with Crippen molar-refractivity contribution in [3.05, 3.63) is 57.5 Å². The third kappa shape index (κ3) is 2.54. The molecule has 24 heavy (non-hydrogen) atoms. The van der Waals surface area contributed by atoms with E-state index < -0.39 is 0 Å². The molecule has 124 valence electrons. The van der Waals surface area contributed by atoms with Crippen molar-refractivity contribution in [1.29, 1.82) is 0 Å². The first-order valence-electron chi connectivity index (χ1n) is 8.30. The van der Waals surface area contributed by atoms with Gasteiger partial charge < -0.3 is 4.74 Å². The van der Waals surface area contributed by atoms with Crippen molar-refractivity contribution in [2.75, 3.05) is 0 Å². The molecule has 1 heterocycles. The minimum Gasteiger partial charge on any atom is -0.456 e. The first-order valence-corrected chi connectivity index (χ1v) is 8.30. The Morgan fingerprint density at radius 3 is 1.92 bits per heavy atom. The highest BCUT2D eigenvalue weighted by Crippen LogP contribution is 2.38. The van der Waals surface area contributed by atoms with Gasteiger partial charge in [0, 0.05) is 0 Å². The maximum absolute atomic E-state index is 6.41. The molecule has 2 aromatic carbocycles. The lowest BCUT2D eigenvalue weighted by Gasteiger charge is -2.20. The van der Waals surface area contributed by atoms with Crippen molar-refractivity contribution >= 4 is 10.9 Å². The van der Waals surface area contributed by atoms with Crippen LogP contribution in [0.25, 0.3) is 10.9 Å². The van der Waals surface area contributed by atoms with Crippen molar-refractivity contribution in [2.45, 2.75) is 48.5 Å². The molecule has 3 heteroatoms. The minimum atomic E-state index is 0.784. The number of aryl methyl sites for hydroxylation is 2. The third-order valence-electron chi connectivity index (χ3n) is 5.12. The number of hydrogen-bond donors (Lipinski definition) is 0. The lowest BCUT2D eigenvalue weighted by atomic mass is 9.94. The average molecular weight is 320 g/mol. The molecule has 0 aliphatic carbocycles. The molecule has 3 aromatic rings. The average Bonchev–Trinajstić information content (AvgIpc) is 2.54. The highest BCUT2D eigenvalue weighted by Gasteiger charge is 2.16. The molecule has 1 aromatic heterocycles. The van der Waals surface area contributed by atoms with E-state index in [9.17, 15) is 0 Å². The Morgan fingerprint density at radius 2 is 1.29 bits per heavy atom. The van der Waals surface area contributed by atoms with E-state index >= 15 is 0 Å². The van der Waals surface area contributed by atoms with Crippen molar-refractivity contribution in [3.8, 4) is 11.5 Å². The van der Waals surface area contributed by atoms with Crippen LogP contribution in [0.2, 0.25) is 0 Å². The van der Waals surface area contributed by atoms with Gasteiger partial charge in [0.2, 0.25) is 0 Å². The molecule has 0 fully saturated rings.